The number of amides is 1. The number of aromatic nitrogens is 2. The molecule has 36 heavy (non-hydrogen) atoms. The second-order valence-corrected chi connectivity index (χ2v) is 9.65. The van der Waals surface area contributed by atoms with E-state index in [9.17, 15) is 4.79 Å². The molecule has 1 aromatic carbocycles. The summed E-state index contributed by atoms with van der Waals surface area (Å²) in [5.41, 5.74) is 6.19. The Morgan fingerprint density at radius 1 is 1.06 bits per heavy atom. The molecule has 4 heterocycles. The molecule has 5 rings (SSSR count). The highest BCUT2D eigenvalue weighted by atomic mass is 16.1. The van der Waals surface area contributed by atoms with Crippen LogP contribution in [0.4, 0.5) is 11.5 Å². The maximum atomic E-state index is 13.4. The summed E-state index contributed by atoms with van der Waals surface area (Å²) in [4.78, 5) is 31.5. The Hall–Kier alpha value is -3.62. The van der Waals surface area contributed by atoms with E-state index in [1.165, 1.54) is 12.8 Å². The molecule has 2 aromatic heterocycles. The Kier molecular flexibility index (Phi) is 7.34. The zero-order valence-corrected chi connectivity index (χ0v) is 21.0. The van der Waals surface area contributed by atoms with Crippen LogP contribution in [0.3, 0.4) is 0 Å². The van der Waals surface area contributed by atoms with E-state index in [1.807, 2.05) is 38.6 Å². The number of hydrogen-bond donors (Lipinski definition) is 2. The first-order valence-electron chi connectivity index (χ1n) is 12.6. The maximum absolute atomic E-state index is 13.4. The summed E-state index contributed by atoms with van der Waals surface area (Å²) in [5, 5.41) is 6.42. The monoisotopic (exact) mass is 483 g/mol. The molecule has 0 unspecified atom stereocenters. The molecule has 0 bridgehead atoms. The van der Waals surface area contributed by atoms with E-state index in [0.29, 0.717) is 24.5 Å². The fourth-order valence-electron chi connectivity index (χ4n) is 4.76. The van der Waals surface area contributed by atoms with Crippen LogP contribution in [-0.4, -0.2) is 66.8 Å². The standard InChI is InChI=1S/C28H33N7O/c1-34(2)19-20-13-23(17-30-15-20)21-5-6-22-16-29-9-10-31-27(25(22)14-21)28(36)33-24-7-8-26(32-18-24)35-11-3-4-12-35/h5-8,13-15,17-18,29H,3-4,9-12,16,19H2,1-2H3,(H,33,36). The SMILES string of the molecule is CN(C)Cc1cncc(-c2ccc3c(c2)C(C(=O)Nc2ccc(N4CCCC4)nc2)=NCCNC3)c1. The summed E-state index contributed by atoms with van der Waals surface area (Å²) in [6.07, 6.45) is 7.89. The molecular weight excluding hydrogens is 450 g/mol. The van der Waals surface area contributed by atoms with Gasteiger partial charge in [-0.3, -0.25) is 14.8 Å². The summed E-state index contributed by atoms with van der Waals surface area (Å²) >= 11 is 0. The third-order valence-electron chi connectivity index (χ3n) is 6.52. The third kappa shape index (κ3) is 5.61. The fraction of sp³-hybridized carbons (Fsp3) is 0.357. The van der Waals surface area contributed by atoms with Crippen LogP contribution < -0.4 is 15.5 Å². The Morgan fingerprint density at radius 3 is 2.69 bits per heavy atom. The number of anilines is 2. The van der Waals surface area contributed by atoms with Gasteiger partial charge in [-0.25, -0.2) is 4.98 Å². The minimum atomic E-state index is -0.217. The molecule has 8 nitrogen and oxygen atoms in total. The van der Waals surface area contributed by atoms with Crippen molar-refractivity contribution in [1.29, 1.82) is 0 Å². The van der Waals surface area contributed by atoms with E-state index in [4.69, 9.17) is 0 Å². The molecule has 0 radical (unpaired) electrons. The first-order valence-corrected chi connectivity index (χ1v) is 12.6. The van der Waals surface area contributed by atoms with Crippen LogP contribution in [0.15, 0.2) is 60.0 Å². The van der Waals surface area contributed by atoms with E-state index in [1.54, 1.807) is 6.20 Å². The molecule has 186 valence electrons. The smallest absolute Gasteiger partial charge is 0.274 e. The van der Waals surface area contributed by atoms with Crippen LogP contribution in [-0.2, 0) is 17.9 Å². The van der Waals surface area contributed by atoms with Gasteiger partial charge in [0.2, 0.25) is 0 Å². The number of nitrogens with one attached hydrogen (secondary N) is 2. The van der Waals surface area contributed by atoms with Crippen LogP contribution >= 0.6 is 0 Å². The average Bonchev–Trinajstić information content (AvgIpc) is 3.40. The van der Waals surface area contributed by atoms with Gasteiger partial charge in [0.25, 0.3) is 5.91 Å². The highest BCUT2D eigenvalue weighted by molar-refractivity contribution is 6.49. The molecule has 8 heteroatoms. The predicted octanol–water partition coefficient (Wildman–Crippen LogP) is 3.34. The summed E-state index contributed by atoms with van der Waals surface area (Å²) in [6.45, 7) is 4.84. The van der Waals surface area contributed by atoms with Crippen molar-refractivity contribution in [2.75, 3.05) is 50.5 Å². The van der Waals surface area contributed by atoms with Gasteiger partial charge in [0, 0.05) is 56.2 Å². The van der Waals surface area contributed by atoms with Gasteiger partial charge in [0.1, 0.15) is 11.5 Å². The number of nitrogens with zero attached hydrogens (tertiary/aromatic N) is 5. The van der Waals surface area contributed by atoms with Gasteiger partial charge >= 0.3 is 0 Å². The molecule has 1 saturated heterocycles. The van der Waals surface area contributed by atoms with Gasteiger partial charge < -0.3 is 20.4 Å². The van der Waals surface area contributed by atoms with Crippen molar-refractivity contribution >= 4 is 23.1 Å². The van der Waals surface area contributed by atoms with Crippen molar-refractivity contribution < 1.29 is 4.79 Å². The third-order valence-corrected chi connectivity index (χ3v) is 6.52. The van der Waals surface area contributed by atoms with Crippen molar-refractivity contribution in [3.05, 3.63) is 71.7 Å². The molecule has 1 fully saturated rings. The van der Waals surface area contributed by atoms with E-state index < -0.39 is 0 Å². The lowest BCUT2D eigenvalue weighted by Gasteiger charge is -2.18. The lowest BCUT2D eigenvalue weighted by atomic mass is 9.95. The van der Waals surface area contributed by atoms with Crippen LogP contribution in [0.5, 0.6) is 0 Å². The minimum absolute atomic E-state index is 0.217. The van der Waals surface area contributed by atoms with Crippen molar-refractivity contribution in [3.8, 4) is 11.1 Å². The van der Waals surface area contributed by atoms with E-state index >= 15 is 0 Å². The lowest BCUT2D eigenvalue weighted by Crippen LogP contribution is -2.30. The van der Waals surface area contributed by atoms with E-state index in [2.05, 4.69) is 59.7 Å². The van der Waals surface area contributed by atoms with E-state index in [0.717, 1.165) is 59.8 Å². The first-order chi connectivity index (χ1) is 17.6. The quantitative estimate of drug-likeness (QED) is 0.559. The van der Waals surface area contributed by atoms with Crippen molar-refractivity contribution in [2.45, 2.75) is 25.9 Å². The fourth-order valence-corrected chi connectivity index (χ4v) is 4.76. The highest BCUT2D eigenvalue weighted by Gasteiger charge is 2.21. The Morgan fingerprint density at radius 2 is 1.92 bits per heavy atom. The van der Waals surface area contributed by atoms with Crippen LogP contribution in [0, 0.1) is 0 Å². The normalized spacial score (nSPS) is 15.8. The minimum Gasteiger partial charge on any atom is -0.357 e. The number of fused-ring (bicyclic) bond motifs is 1. The Bertz CT molecular complexity index is 1250. The molecule has 0 saturated carbocycles. The highest BCUT2D eigenvalue weighted by Crippen LogP contribution is 2.25. The topological polar surface area (TPSA) is 85.8 Å². The second kappa shape index (κ2) is 11.0. The van der Waals surface area contributed by atoms with Crippen LogP contribution in [0.2, 0.25) is 0 Å². The number of carbonyl (C=O) groups is 1. The molecular formula is C28H33N7O. The summed E-state index contributed by atoms with van der Waals surface area (Å²) in [7, 11) is 4.09. The molecule has 0 aliphatic carbocycles. The van der Waals surface area contributed by atoms with Crippen molar-refractivity contribution in [3.63, 3.8) is 0 Å². The van der Waals surface area contributed by atoms with Gasteiger partial charge in [-0.15, -0.1) is 0 Å². The van der Waals surface area contributed by atoms with Gasteiger partial charge in [-0.05, 0) is 67.9 Å². The van der Waals surface area contributed by atoms with Gasteiger partial charge in [0.15, 0.2) is 0 Å². The number of rotatable bonds is 6. The average molecular weight is 484 g/mol. The second-order valence-electron chi connectivity index (χ2n) is 9.65. The number of aliphatic imine (C=N–C) groups is 1. The van der Waals surface area contributed by atoms with E-state index in [-0.39, 0.29) is 5.91 Å². The lowest BCUT2D eigenvalue weighted by molar-refractivity contribution is -0.110. The number of hydrogen-bond acceptors (Lipinski definition) is 7. The van der Waals surface area contributed by atoms with Gasteiger partial charge in [0.05, 0.1) is 18.4 Å². The molecule has 1 amide bonds. The predicted molar refractivity (Wildman–Crippen MR) is 144 cm³/mol. The number of carbonyl (C=O) groups excluding carboxylic acids is 1. The molecule has 2 N–H and O–H groups in total. The summed E-state index contributed by atoms with van der Waals surface area (Å²) < 4.78 is 0. The van der Waals surface area contributed by atoms with Crippen molar-refractivity contribution in [2.24, 2.45) is 4.99 Å². The van der Waals surface area contributed by atoms with Crippen LogP contribution in [0.25, 0.3) is 11.1 Å². The number of pyridine rings is 2. The van der Waals surface area contributed by atoms with Crippen molar-refractivity contribution in [1.82, 2.24) is 20.2 Å². The molecule has 0 atom stereocenters. The summed E-state index contributed by atoms with van der Waals surface area (Å²) in [5.74, 6) is 0.741. The largest absolute Gasteiger partial charge is 0.357 e. The van der Waals surface area contributed by atoms with Gasteiger partial charge in [-0.1, -0.05) is 12.1 Å². The molecule has 2 aliphatic rings. The zero-order chi connectivity index (χ0) is 24.9. The molecule has 2 aliphatic heterocycles. The zero-order valence-electron chi connectivity index (χ0n) is 21.0. The Balaban J connectivity index is 1.41. The maximum Gasteiger partial charge on any atom is 0.274 e. The van der Waals surface area contributed by atoms with Crippen LogP contribution in [0.1, 0.15) is 29.5 Å². The summed E-state index contributed by atoms with van der Waals surface area (Å²) in [6, 6.07) is 12.3. The molecule has 3 aromatic rings. The Labute approximate surface area is 212 Å². The molecule has 0 spiro atoms. The first kappa shape index (κ1) is 24.1. The van der Waals surface area contributed by atoms with Gasteiger partial charge in [-0.2, -0.15) is 0 Å². The number of benzene rings is 1.